The van der Waals surface area contributed by atoms with E-state index >= 15 is 0 Å². The average molecular weight is 290 g/mol. The van der Waals surface area contributed by atoms with Crippen molar-refractivity contribution in [3.8, 4) is 5.75 Å². The van der Waals surface area contributed by atoms with Gasteiger partial charge in [0.05, 0.1) is 19.1 Å². The zero-order valence-corrected chi connectivity index (χ0v) is 12.6. The van der Waals surface area contributed by atoms with Crippen molar-refractivity contribution >= 4 is 11.7 Å². The summed E-state index contributed by atoms with van der Waals surface area (Å²) >= 11 is 0. The molecule has 21 heavy (non-hydrogen) atoms. The molecule has 0 amide bonds. The van der Waals surface area contributed by atoms with E-state index in [0.29, 0.717) is 6.04 Å². The van der Waals surface area contributed by atoms with Gasteiger partial charge in [0, 0.05) is 19.3 Å². The van der Waals surface area contributed by atoms with E-state index in [1.165, 1.54) is 11.3 Å². The van der Waals surface area contributed by atoms with Crippen molar-refractivity contribution in [2.45, 2.75) is 18.9 Å². The summed E-state index contributed by atoms with van der Waals surface area (Å²) in [6.07, 6.45) is 1.49. The molecule has 0 bridgehead atoms. The van der Waals surface area contributed by atoms with Gasteiger partial charge in [-0.1, -0.05) is 0 Å². The molecular weight excluding hydrogens is 268 g/mol. The number of rotatable bonds is 3. The molecule has 1 saturated heterocycles. The number of likely N-dealkylation sites (N-methyl/N-ethyl adjacent to an activating group) is 1. The highest BCUT2D eigenvalue weighted by molar-refractivity contribution is 5.70. The minimum Gasteiger partial charge on any atom is -0.497 e. The van der Waals surface area contributed by atoms with Crippen LogP contribution in [0.4, 0.5) is 5.69 Å². The molecule has 5 heteroatoms. The Morgan fingerprint density at radius 3 is 2.67 bits per heavy atom. The third kappa shape index (κ3) is 2.58. The Hall–Kier alpha value is -1.75. The molecule has 1 N–H and O–H groups in total. The molecule has 5 nitrogen and oxygen atoms in total. The van der Waals surface area contributed by atoms with Gasteiger partial charge in [-0.25, -0.2) is 0 Å². The van der Waals surface area contributed by atoms with Gasteiger partial charge in [0.1, 0.15) is 5.75 Å². The van der Waals surface area contributed by atoms with E-state index in [1.807, 2.05) is 6.07 Å². The standard InChI is InChI=1S/C16H22N2O3/c1-17-10-15(13-9-12(21-2)3-4-14(13)17)18-7-5-11(6-8-18)16(19)20/h3-4,9,11,15H,5-8,10H2,1-2H3,(H,19,20). The molecule has 1 unspecified atom stereocenters. The first kappa shape index (κ1) is 14.2. The summed E-state index contributed by atoms with van der Waals surface area (Å²) in [5.41, 5.74) is 2.55. The predicted molar refractivity (Wildman–Crippen MR) is 80.9 cm³/mol. The summed E-state index contributed by atoms with van der Waals surface area (Å²) in [5.74, 6) is 0.0555. The number of fused-ring (bicyclic) bond motifs is 1. The van der Waals surface area contributed by atoms with E-state index in [9.17, 15) is 4.79 Å². The summed E-state index contributed by atoms with van der Waals surface area (Å²) in [5, 5.41) is 9.11. The van der Waals surface area contributed by atoms with Crippen molar-refractivity contribution in [2.24, 2.45) is 5.92 Å². The van der Waals surface area contributed by atoms with Crippen LogP contribution in [0.1, 0.15) is 24.4 Å². The van der Waals surface area contributed by atoms with E-state index in [1.54, 1.807) is 7.11 Å². The molecule has 2 aliphatic rings. The number of nitrogens with zero attached hydrogens (tertiary/aromatic N) is 2. The maximum absolute atomic E-state index is 11.1. The number of carboxylic acid groups (broad SMARTS) is 1. The molecule has 1 aromatic rings. The molecule has 0 spiro atoms. The Morgan fingerprint density at radius 1 is 1.33 bits per heavy atom. The first-order valence-electron chi connectivity index (χ1n) is 7.46. The van der Waals surface area contributed by atoms with Gasteiger partial charge in [0.15, 0.2) is 0 Å². The summed E-state index contributed by atoms with van der Waals surface area (Å²) in [4.78, 5) is 15.8. The van der Waals surface area contributed by atoms with Gasteiger partial charge in [-0.2, -0.15) is 0 Å². The topological polar surface area (TPSA) is 53.0 Å². The number of hydrogen-bond acceptors (Lipinski definition) is 4. The first-order chi connectivity index (χ1) is 10.1. The SMILES string of the molecule is COc1ccc2c(c1)C(N1CCC(C(=O)O)CC1)CN2C. The lowest BCUT2D eigenvalue weighted by Crippen LogP contribution is -2.40. The zero-order valence-electron chi connectivity index (χ0n) is 12.6. The van der Waals surface area contributed by atoms with Gasteiger partial charge < -0.3 is 14.7 Å². The van der Waals surface area contributed by atoms with Gasteiger partial charge in [-0.15, -0.1) is 0 Å². The lowest BCUT2D eigenvalue weighted by molar-refractivity contribution is -0.143. The fourth-order valence-corrected chi connectivity index (χ4v) is 3.50. The van der Waals surface area contributed by atoms with Gasteiger partial charge in [0.25, 0.3) is 0 Å². The Morgan fingerprint density at radius 2 is 2.05 bits per heavy atom. The van der Waals surface area contributed by atoms with Gasteiger partial charge in [-0.3, -0.25) is 9.69 Å². The number of ether oxygens (including phenoxy) is 1. The molecule has 0 saturated carbocycles. The molecule has 114 valence electrons. The van der Waals surface area contributed by atoms with Crippen LogP contribution < -0.4 is 9.64 Å². The number of methoxy groups -OCH3 is 1. The van der Waals surface area contributed by atoms with E-state index in [2.05, 4.69) is 29.0 Å². The molecule has 1 aromatic carbocycles. The van der Waals surface area contributed by atoms with Gasteiger partial charge in [-0.05, 0) is 49.7 Å². The van der Waals surface area contributed by atoms with Crippen LogP contribution in [0, 0.1) is 5.92 Å². The van der Waals surface area contributed by atoms with Crippen LogP contribution in [-0.2, 0) is 4.79 Å². The van der Waals surface area contributed by atoms with Crippen LogP contribution in [-0.4, -0.2) is 49.8 Å². The van der Waals surface area contributed by atoms with Crippen LogP contribution in [0.3, 0.4) is 0 Å². The Labute approximate surface area is 125 Å². The fourth-order valence-electron chi connectivity index (χ4n) is 3.50. The van der Waals surface area contributed by atoms with E-state index in [-0.39, 0.29) is 5.92 Å². The molecular formula is C16H22N2O3. The number of carboxylic acids is 1. The molecule has 2 heterocycles. The van der Waals surface area contributed by atoms with Crippen molar-refractivity contribution in [3.63, 3.8) is 0 Å². The quantitative estimate of drug-likeness (QED) is 0.922. The number of hydrogen-bond donors (Lipinski definition) is 1. The lowest BCUT2D eigenvalue weighted by atomic mass is 9.95. The zero-order chi connectivity index (χ0) is 15.0. The van der Waals surface area contributed by atoms with Crippen molar-refractivity contribution in [2.75, 3.05) is 38.7 Å². The van der Waals surface area contributed by atoms with E-state index in [4.69, 9.17) is 9.84 Å². The Bertz CT molecular complexity index is 538. The van der Waals surface area contributed by atoms with Crippen LogP contribution in [0.5, 0.6) is 5.75 Å². The minimum absolute atomic E-state index is 0.176. The largest absolute Gasteiger partial charge is 0.497 e. The molecule has 1 fully saturated rings. The molecule has 3 rings (SSSR count). The van der Waals surface area contributed by atoms with Crippen LogP contribution in [0.2, 0.25) is 0 Å². The highest BCUT2D eigenvalue weighted by Gasteiger charge is 2.34. The molecule has 0 aliphatic carbocycles. The normalized spacial score (nSPS) is 23.1. The summed E-state index contributed by atoms with van der Waals surface area (Å²) in [6.45, 7) is 2.67. The van der Waals surface area contributed by atoms with E-state index in [0.717, 1.165) is 38.2 Å². The number of piperidine rings is 1. The molecule has 0 radical (unpaired) electrons. The first-order valence-corrected chi connectivity index (χ1v) is 7.46. The van der Waals surface area contributed by atoms with E-state index < -0.39 is 5.97 Å². The van der Waals surface area contributed by atoms with Crippen LogP contribution in [0.15, 0.2) is 18.2 Å². The Kier molecular flexibility index (Phi) is 3.76. The third-order valence-electron chi connectivity index (χ3n) is 4.77. The molecule has 1 atom stereocenters. The highest BCUT2D eigenvalue weighted by Crippen LogP contribution is 2.40. The number of anilines is 1. The second-order valence-electron chi connectivity index (χ2n) is 5.97. The molecule has 0 aromatic heterocycles. The number of likely N-dealkylation sites (tertiary alicyclic amines) is 1. The maximum Gasteiger partial charge on any atom is 0.306 e. The van der Waals surface area contributed by atoms with Crippen molar-refractivity contribution < 1.29 is 14.6 Å². The smallest absolute Gasteiger partial charge is 0.306 e. The second-order valence-corrected chi connectivity index (χ2v) is 5.97. The summed E-state index contributed by atoms with van der Waals surface area (Å²) in [6, 6.07) is 6.56. The lowest BCUT2D eigenvalue weighted by Gasteiger charge is -2.34. The summed E-state index contributed by atoms with van der Waals surface area (Å²) in [7, 11) is 3.79. The number of carbonyl (C=O) groups is 1. The van der Waals surface area contributed by atoms with Crippen LogP contribution in [0.25, 0.3) is 0 Å². The van der Waals surface area contributed by atoms with Crippen LogP contribution >= 0.6 is 0 Å². The number of aliphatic carboxylic acids is 1. The minimum atomic E-state index is -0.653. The maximum atomic E-state index is 11.1. The van der Waals surface area contributed by atoms with Crippen molar-refractivity contribution in [1.82, 2.24) is 4.90 Å². The van der Waals surface area contributed by atoms with Crippen molar-refractivity contribution in [3.05, 3.63) is 23.8 Å². The van der Waals surface area contributed by atoms with Gasteiger partial charge >= 0.3 is 5.97 Å². The number of benzene rings is 1. The van der Waals surface area contributed by atoms with Gasteiger partial charge in [0.2, 0.25) is 0 Å². The monoisotopic (exact) mass is 290 g/mol. The second kappa shape index (κ2) is 5.56. The Balaban J connectivity index is 1.78. The predicted octanol–water partition coefficient (Wildman–Crippen LogP) is 1.98. The summed E-state index contributed by atoms with van der Waals surface area (Å²) < 4.78 is 5.34. The van der Waals surface area contributed by atoms with Crippen molar-refractivity contribution in [1.29, 1.82) is 0 Å². The average Bonchev–Trinajstić information content (AvgIpc) is 2.84. The fraction of sp³-hybridized carbons (Fsp3) is 0.562. The molecule has 2 aliphatic heterocycles. The third-order valence-corrected chi connectivity index (χ3v) is 4.77. The highest BCUT2D eigenvalue weighted by atomic mass is 16.5.